The summed E-state index contributed by atoms with van der Waals surface area (Å²) in [5.74, 6) is 0.762. The molecule has 1 amide bonds. The van der Waals surface area contributed by atoms with Crippen molar-refractivity contribution in [1.29, 1.82) is 0 Å². The molecular formula is C17H28N2O2. The highest BCUT2D eigenvalue weighted by Crippen LogP contribution is 2.21. The van der Waals surface area contributed by atoms with Crippen molar-refractivity contribution in [1.82, 2.24) is 5.32 Å². The Labute approximate surface area is 128 Å². The lowest BCUT2D eigenvalue weighted by Crippen LogP contribution is -2.53. The van der Waals surface area contributed by atoms with Crippen molar-refractivity contribution < 1.29 is 9.53 Å². The lowest BCUT2D eigenvalue weighted by molar-refractivity contribution is -0.122. The third kappa shape index (κ3) is 5.05. The van der Waals surface area contributed by atoms with E-state index in [1.54, 1.807) is 0 Å². The zero-order chi connectivity index (χ0) is 15.9. The van der Waals surface area contributed by atoms with Gasteiger partial charge in [-0.3, -0.25) is 4.79 Å². The second kappa shape index (κ2) is 8.03. The number of amides is 1. The van der Waals surface area contributed by atoms with Crippen LogP contribution in [-0.2, 0) is 11.2 Å². The van der Waals surface area contributed by atoms with Crippen LogP contribution in [0.4, 0.5) is 0 Å². The summed E-state index contributed by atoms with van der Waals surface area (Å²) >= 11 is 0. The van der Waals surface area contributed by atoms with Gasteiger partial charge >= 0.3 is 0 Å². The number of hydrogen-bond donors (Lipinski definition) is 2. The van der Waals surface area contributed by atoms with Crippen molar-refractivity contribution in [3.05, 3.63) is 29.8 Å². The van der Waals surface area contributed by atoms with Gasteiger partial charge in [0.05, 0.1) is 18.1 Å². The summed E-state index contributed by atoms with van der Waals surface area (Å²) in [5.41, 5.74) is 6.43. The number of nitrogens with one attached hydrogen (secondary N) is 1. The van der Waals surface area contributed by atoms with E-state index in [2.05, 4.69) is 5.32 Å². The van der Waals surface area contributed by atoms with Crippen LogP contribution in [-0.4, -0.2) is 24.1 Å². The molecule has 1 aromatic carbocycles. The van der Waals surface area contributed by atoms with Crippen LogP contribution in [0.5, 0.6) is 5.75 Å². The van der Waals surface area contributed by atoms with Gasteiger partial charge in [-0.15, -0.1) is 0 Å². The molecule has 0 spiro atoms. The van der Waals surface area contributed by atoms with E-state index < -0.39 is 0 Å². The fourth-order valence-electron chi connectivity index (χ4n) is 2.30. The SMILES string of the molecule is CCC(CC)(CN)NC(=O)Cc1ccccc1OC(C)C. The average Bonchev–Trinajstić information content (AvgIpc) is 2.46. The molecule has 0 aromatic heterocycles. The van der Waals surface area contributed by atoms with Gasteiger partial charge in [-0.2, -0.15) is 0 Å². The quantitative estimate of drug-likeness (QED) is 0.774. The van der Waals surface area contributed by atoms with Gasteiger partial charge in [-0.25, -0.2) is 0 Å². The van der Waals surface area contributed by atoms with E-state index >= 15 is 0 Å². The maximum atomic E-state index is 12.3. The predicted octanol–water partition coefficient (Wildman–Crippen LogP) is 2.65. The second-order valence-corrected chi connectivity index (χ2v) is 5.69. The molecule has 4 heteroatoms. The highest BCUT2D eigenvalue weighted by Gasteiger charge is 2.26. The fourth-order valence-corrected chi connectivity index (χ4v) is 2.30. The van der Waals surface area contributed by atoms with Crippen LogP contribution in [0.2, 0.25) is 0 Å². The number of rotatable bonds is 8. The van der Waals surface area contributed by atoms with Crippen LogP contribution in [0.3, 0.4) is 0 Å². The van der Waals surface area contributed by atoms with Crippen LogP contribution in [0, 0.1) is 0 Å². The first-order valence-corrected chi connectivity index (χ1v) is 7.72. The average molecular weight is 292 g/mol. The Morgan fingerprint density at radius 1 is 1.29 bits per heavy atom. The lowest BCUT2D eigenvalue weighted by Gasteiger charge is -2.31. The van der Waals surface area contributed by atoms with E-state index in [-0.39, 0.29) is 17.6 Å². The first-order chi connectivity index (χ1) is 9.96. The van der Waals surface area contributed by atoms with Crippen molar-refractivity contribution in [2.24, 2.45) is 5.73 Å². The molecule has 0 aliphatic carbocycles. The minimum absolute atomic E-state index is 0.0102. The Morgan fingerprint density at radius 2 is 1.90 bits per heavy atom. The van der Waals surface area contributed by atoms with E-state index in [1.807, 2.05) is 52.0 Å². The Morgan fingerprint density at radius 3 is 2.43 bits per heavy atom. The molecule has 0 saturated carbocycles. The first kappa shape index (κ1) is 17.5. The molecule has 1 rings (SSSR count). The number of nitrogens with two attached hydrogens (primary N) is 1. The molecule has 0 saturated heterocycles. The molecular weight excluding hydrogens is 264 g/mol. The van der Waals surface area contributed by atoms with Gasteiger partial charge in [0.25, 0.3) is 0 Å². The molecule has 0 unspecified atom stereocenters. The molecule has 0 radical (unpaired) electrons. The highest BCUT2D eigenvalue weighted by atomic mass is 16.5. The molecule has 3 N–H and O–H groups in total. The Balaban J connectivity index is 2.79. The van der Waals surface area contributed by atoms with E-state index in [9.17, 15) is 4.79 Å². The first-order valence-electron chi connectivity index (χ1n) is 7.72. The summed E-state index contributed by atoms with van der Waals surface area (Å²) in [6.07, 6.45) is 2.06. The standard InChI is InChI=1S/C17H28N2O2/c1-5-17(6-2,12-18)19-16(20)11-14-9-7-8-10-15(14)21-13(3)4/h7-10,13H,5-6,11-12,18H2,1-4H3,(H,19,20). The largest absolute Gasteiger partial charge is 0.491 e. The number of benzene rings is 1. The van der Waals surface area contributed by atoms with Gasteiger partial charge in [0.2, 0.25) is 5.91 Å². The van der Waals surface area contributed by atoms with Crippen LogP contribution in [0.25, 0.3) is 0 Å². The lowest BCUT2D eigenvalue weighted by atomic mass is 9.92. The number of para-hydroxylation sites is 1. The summed E-state index contributed by atoms with van der Waals surface area (Å²) in [4.78, 5) is 12.3. The van der Waals surface area contributed by atoms with Gasteiger partial charge in [0.15, 0.2) is 0 Å². The van der Waals surface area contributed by atoms with Crippen molar-refractivity contribution in [3.8, 4) is 5.75 Å². The fraction of sp³-hybridized carbons (Fsp3) is 0.588. The maximum absolute atomic E-state index is 12.3. The van der Waals surface area contributed by atoms with E-state index in [0.717, 1.165) is 24.2 Å². The Kier molecular flexibility index (Phi) is 6.69. The molecule has 0 heterocycles. The smallest absolute Gasteiger partial charge is 0.225 e. The van der Waals surface area contributed by atoms with Crippen LogP contribution < -0.4 is 15.8 Å². The molecule has 118 valence electrons. The summed E-state index contributed by atoms with van der Waals surface area (Å²) < 4.78 is 5.75. The third-order valence-electron chi connectivity index (χ3n) is 3.84. The Bertz CT molecular complexity index is 446. The third-order valence-corrected chi connectivity index (χ3v) is 3.84. The number of hydrogen-bond acceptors (Lipinski definition) is 3. The molecule has 0 atom stereocenters. The molecule has 0 aliphatic rings. The highest BCUT2D eigenvalue weighted by molar-refractivity contribution is 5.80. The second-order valence-electron chi connectivity index (χ2n) is 5.69. The van der Waals surface area contributed by atoms with Crippen molar-refractivity contribution in [3.63, 3.8) is 0 Å². The normalized spacial score (nSPS) is 11.5. The minimum Gasteiger partial charge on any atom is -0.491 e. The maximum Gasteiger partial charge on any atom is 0.225 e. The monoisotopic (exact) mass is 292 g/mol. The molecule has 0 fully saturated rings. The summed E-state index contributed by atoms with van der Waals surface area (Å²) in [6, 6.07) is 7.67. The molecule has 4 nitrogen and oxygen atoms in total. The van der Waals surface area contributed by atoms with Crippen LogP contribution >= 0.6 is 0 Å². The molecule has 0 bridgehead atoms. The van der Waals surface area contributed by atoms with E-state index in [0.29, 0.717) is 13.0 Å². The number of ether oxygens (including phenoxy) is 1. The predicted molar refractivity (Wildman–Crippen MR) is 86.4 cm³/mol. The Hall–Kier alpha value is -1.55. The minimum atomic E-state index is -0.301. The van der Waals surface area contributed by atoms with E-state index in [4.69, 9.17) is 10.5 Å². The van der Waals surface area contributed by atoms with E-state index in [1.165, 1.54) is 0 Å². The molecule has 1 aromatic rings. The summed E-state index contributed by atoms with van der Waals surface area (Å²) in [7, 11) is 0. The number of carbonyl (C=O) groups excluding carboxylic acids is 1. The van der Waals surface area contributed by atoms with Crippen molar-refractivity contribution in [2.45, 2.75) is 58.6 Å². The summed E-state index contributed by atoms with van der Waals surface area (Å²) in [5, 5.41) is 3.09. The van der Waals surface area contributed by atoms with Gasteiger partial charge in [0, 0.05) is 12.1 Å². The zero-order valence-electron chi connectivity index (χ0n) is 13.6. The molecule has 21 heavy (non-hydrogen) atoms. The van der Waals surface area contributed by atoms with Crippen molar-refractivity contribution in [2.75, 3.05) is 6.54 Å². The number of carbonyl (C=O) groups is 1. The molecule has 0 aliphatic heterocycles. The van der Waals surface area contributed by atoms with Crippen LogP contribution in [0.15, 0.2) is 24.3 Å². The topological polar surface area (TPSA) is 64.3 Å². The van der Waals surface area contributed by atoms with Gasteiger partial charge in [-0.05, 0) is 32.8 Å². The summed E-state index contributed by atoms with van der Waals surface area (Å²) in [6.45, 7) is 8.50. The zero-order valence-corrected chi connectivity index (χ0v) is 13.6. The van der Waals surface area contributed by atoms with Gasteiger partial charge in [0.1, 0.15) is 5.75 Å². The van der Waals surface area contributed by atoms with Crippen LogP contribution in [0.1, 0.15) is 46.1 Å². The van der Waals surface area contributed by atoms with Crippen molar-refractivity contribution >= 4 is 5.91 Å². The van der Waals surface area contributed by atoms with Gasteiger partial charge < -0.3 is 15.8 Å². The van der Waals surface area contributed by atoms with Gasteiger partial charge in [-0.1, -0.05) is 32.0 Å².